The number of para-hydroxylation sites is 3. The molecule has 12 aromatic rings. The van der Waals surface area contributed by atoms with Crippen LogP contribution in [0.4, 0.5) is 0 Å². The van der Waals surface area contributed by atoms with Crippen LogP contribution < -0.4 is 0 Å². The summed E-state index contributed by atoms with van der Waals surface area (Å²) in [5, 5.41) is 6.62. The van der Waals surface area contributed by atoms with Crippen LogP contribution in [0.2, 0.25) is 0 Å². The second kappa shape index (κ2) is 12.3. The SMILES string of the molecule is c1ccc(-c2nc(-c3ccccc3)nc(-c3ccc4oc5c(-c6ccc7c(c6)oc6cccc(-n8c9ccccc9c9ccccc98)c67)cccc5c4c3)n2)cc1. The van der Waals surface area contributed by atoms with Gasteiger partial charge in [0.2, 0.25) is 0 Å². The Morgan fingerprint density at radius 2 is 0.947 bits per heavy atom. The van der Waals surface area contributed by atoms with Crippen LogP contribution in [0.1, 0.15) is 0 Å². The summed E-state index contributed by atoms with van der Waals surface area (Å²) < 4.78 is 15.6. The monoisotopic (exact) mass is 730 g/mol. The molecule has 0 N–H and O–H groups in total. The quantitative estimate of drug-likeness (QED) is 0.176. The Hall–Kier alpha value is -7.83. The smallest absolute Gasteiger partial charge is 0.164 e. The van der Waals surface area contributed by atoms with Crippen molar-refractivity contribution in [2.75, 3.05) is 0 Å². The van der Waals surface area contributed by atoms with Gasteiger partial charge in [0.15, 0.2) is 17.5 Å². The predicted molar refractivity (Wildman–Crippen MR) is 230 cm³/mol. The number of nitrogens with zero attached hydrogens (tertiary/aromatic N) is 4. The summed E-state index contributed by atoms with van der Waals surface area (Å²) in [6, 6.07) is 62.6. The van der Waals surface area contributed by atoms with Gasteiger partial charge in [0.1, 0.15) is 22.3 Å². The molecule has 266 valence electrons. The first-order valence-corrected chi connectivity index (χ1v) is 19.0. The third kappa shape index (κ3) is 4.94. The van der Waals surface area contributed by atoms with E-state index in [9.17, 15) is 0 Å². The zero-order valence-corrected chi connectivity index (χ0v) is 30.4. The fourth-order valence-electron chi connectivity index (χ4n) is 8.45. The van der Waals surface area contributed by atoms with Crippen molar-refractivity contribution in [2.45, 2.75) is 0 Å². The highest BCUT2D eigenvalue weighted by Crippen LogP contribution is 2.42. The molecule has 0 saturated heterocycles. The fraction of sp³-hybridized carbons (Fsp3) is 0. The minimum absolute atomic E-state index is 0.603. The maximum atomic E-state index is 6.65. The van der Waals surface area contributed by atoms with Gasteiger partial charge < -0.3 is 13.4 Å². The zero-order chi connectivity index (χ0) is 37.5. The maximum absolute atomic E-state index is 6.65. The number of hydrogen-bond acceptors (Lipinski definition) is 5. The van der Waals surface area contributed by atoms with E-state index < -0.39 is 0 Å². The Morgan fingerprint density at radius 3 is 1.65 bits per heavy atom. The van der Waals surface area contributed by atoms with Crippen LogP contribution in [-0.4, -0.2) is 19.5 Å². The first-order chi connectivity index (χ1) is 28.2. The van der Waals surface area contributed by atoms with Crippen LogP contribution in [-0.2, 0) is 0 Å². The number of fused-ring (bicyclic) bond motifs is 9. The average Bonchev–Trinajstić information content (AvgIpc) is 3.96. The minimum atomic E-state index is 0.603. The molecule has 0 bridgehead atoms. The Kier molecular flexibility index (Phi) is 6.83. The van der Waals surface area contributed by atoms with Crippen molar-refractivity contribution < 1.29 is 8.83 Å². The van der Waals surface area contributed by atoms with Crippen LogP contribution in [0.3, 0.4) is 0 Å². The Labute approximate surface area is 325 Å². The molecule has 0 saturated carbocycles. The van der Waals surface area contributed by atoms with Gasteiger partial charge in [-0.2, -0.15) is 0 Å². The minimum Gasteiger partial charge on any atom is -0.456 e. The van der Waals surface area contributed by atoms with Crippen molar-refractivity contribution in [1.82, 2.24) is 19.5 Å². The first-order valence-electron chi connectivity index (χ1n) is 19.0. The summed E-state index contributed by atoms with van der Waals surface area (Å²) in [5.74, 6) is 1.86. The van der Waals surface area contributed by atoms with Gasteiger partial charge in [0.05, 0.1) is 22.1 Å². The molecule has 0 atom stereocenters. The van der Waals surface area contributed by atoms with E-state index in [1.165, 1.54) is 21.8 Å². The van der Waals surface area contributed by atoms with E-state index in [1.54, 1.807) is 0 Å². The second-order valence-corrected chi connectivity index (χ2v) is 14.4. The highest BCUT2D eigenvalue weighted by molar-refractivity contribution is 6.15. The van der Waals surface area contributed by atoms with Crippen LogP contribution in [0.25, 0.3) is 117 Å². The molecule has 8 aromatic carbocycles. The summed E-state index contributed by atoms with van der Waals surface area (Å²) in [4.78, 5) is 14.8. The van der Waals surface area contributed by atoms with Crippen molar-refractivity contribution in [3.05, 3.63) is 182 Å². The van der Waals surface area contributed by atoms with E-state index in [4.69, 9.17) is 23.8 Å². The lowest BCUT2D eigenvalue weighted by atomic mass is 10.00. The summed E-state index contributed by atoms with van der Waals surface area (Å²) in [6.07, 6.45) is 0. The van der Waals surface area contributed by atoms with Crippen molar-refractivity contribution in [3.8, 4) is 51.0 Å². The van der Waals surface area contributed by atoms with Gasteiger partial charge in [-0.1, -0.05) is 127 Å². The number of benzene rings is 8. The van der Waals surface area contributed by atoms with Crippen LogP contribution in [0, 0.1) is 0 Å². The molecule has 0 fully saturated rings. The van der Waals surface area contributed by atoms with Gasteiger partial charge in [-0.15, -0.1) is 0 Å². The molecule has 0 aliphatic carbocycles. The fourth-order valence-corrected chi connectivity index (χ4v) is 8.45. The summed E-state index contributed by atoms with van der Waals surface area (Å²) in [5.41, 5.74) is 11.5. The van der Waals surface area contributed by atoms with Gasteiger partial charge in [-0.3, -0.25) is 0 Å². The first kappa shape index (κ1) is 31.5. The molecule has 0 aliphatic rings. The standard InChI is InChI=1S/C51H30N4O2/c1-3-13-31(14-4-1)49-52-50(32-15-5-2-6-16-32)54-51(53-49)34-26-28-44-40(29-34)38-20-11-19-35(48(38)57-44)33-25-27-39-46(30-33)56-45-24-12-23-43(47(39)45)55-41-21-9-7-17-36(41)37-18-8-10-22-42(37)55/h1-30H. The van der Waals surface area contributed by atoms with Gasteiger partial charge in [-0.05, 0) is 60.2 Å². The largest absolute Gasteiger partial charge is 0.456 e. The van der Waals surface area contributed by atoms with E-state index in [1.807, 2.05) is 72.8 Å². The lowest BCUT2D eigenvalue weighted by Gasteiger charge is -2.09. The Balaban J connectivity index is 0.989. The number of hydrogen-bond donors (Lipinski definition) is 0. The molecule has 6 heteroatoms. The van der Waals surface area contributed by atoms with E-state index in [0.29, 0.717) is 17.5 Å². The third-order valence-electron chi connectivity index (χ3n) is 11.1. The molecule has 0 aliphatic heterocycles. The van der Waals surface area contributed by atoms with Crippen LogP contribution in [0.5, 0.6) is 0 Å². The number of aromatic nitrogens is 4. The number of furan rings is 2. The second-order valence-electron chi connectivity index (χ2n) is 14.4. The Morgan fingerprint density at radius 1 is 0.351 bits per heavy atom. The molecule has 6 nitrogen and oxygen atoms in total. The van der Waals surface area contributed by atoms with Crippen molar-refractivity contribution in [1.29, 1.82) is 0 Å². The highest BCUT2D eigenvalue weighted by atomic mass is 16.3. The van der Waals surface area contributed by atoms with Gasteiger partial charge in [0.25, 0.3) is 0 Å². The molecule has 0 unspecified atom stereocenters. The predicted octanol–water partition coefficient (Wildman–Crippen LogP) is 13.4. The van der Waals surface area contributed by atoms with E-state index in [-0.39, 0.29) is 0 Å². The van der Waals surface area contributed by atoms with Crippen LogP contribution >= 0.6 is 0 Å². The van der Waals surface area contributed by atoms with Crippen molar-refractivity contribution in [2.24, 2.45) is 0 Å². The highest BCUT2D eigenvalue weighted by Gasteiger charge is 2.20. The molecule has 12 rings (SSSR count). The summed E-state index contributed by atoms with van der Waals surface area (Å²) in [7, 11) is 0. The lowest BCUT2D eigenvalue weighted by Crippen LogP contribution is -2.00. The lowest BCUT2D eigenvalue weighted by molar-refractivity contribution is 0.668. The molecular weight excluding hydrogens is 701 g/mol. The molecule has 0 radical (unpaired) electrons. The molecule has 0 spiro atoms. The van der Waals surface area contributed by atoms with Gasteiger partial charge in [-0.25, -0.2) is 15.0 Å². The van der Waals surface area contributed by atoms with Gasteiger partial charge >= 0.3 is 0 Å². The molecule has 0 amide bonds. The maximum Gasteiger partial charge on any atom is 0.164 e. The van der Waals surface area contributed by atoms with E-state index in [0.717, 1.165) is 77.4 Å². The summed E-state index contributed by atoms with van der Waals surface area (Å²) >= 11 is 0. The van der Waals surface area contributed by atoms with Crippen molar-refractivity contribution >= 4 is 65.7 Å². The zero-order valence-electron chi connectivity index (χ0n) is 30.4. The Bertz CT molecular complexity index is 3410. The third-order valence-corrected chi connectivity index (χ3v) is 11.1. The topological polar surface area (TPSA) is 69.9 Å². The van der Waals surface area contributed by atoms with Crippen molar-refractivity contribution in [3.63, 3.8) is 0 Å². The molecular formula is C51H30N4O2. The normalized spacial score (nSPS) is 11.9. The van der Waals surface area contributed by atoms with Gasteiger partial charge in [0, 0.05) is 49.2 Å². The molecule has 57 heavy (non-hydrogen) atoms. The summed E-state index contributed by atoms with van der Waals surface area (Å²) in [6.45, 7) is 0. The average molecular weight is 731 g/mol. The molecule has 4 aromatic heterocycles. The number of rotatable bonds is 5. The van der Waals surface area contributed by atoms with E-state index >= 15 is 0 Å². The van der Waals surface area contributed by atoms with E-state index in [2.05, 4.69) is 114 Å². The molecule has 4 heterocycles. The van der Waals surface area contributed by atoms with Crippen LogP contribution in [0.15, 0.2) is 191 Å².